The van der Waals surface area contributed by atoms with E-state index in [0.717, 1.165) is 74.0 Å². The molecule has 1 heterocycles. The molecule has 5 rings (SSSR count). The number of alkyl carbamates (subject to hydrolysis) is 1. The van der Waals surface area contributed by atoms with E-state index < -0.39 is 23.4 Å². The highest BCUT2D eigenvalue weighted by Gasteiger charge is 2.44. The summed E-state index contributed by atoms with van der Waals surface area (Å²) >= 11 is 0. The van der Waals surface area contributed by atoms with Crippen LogP contribution in [0.25, 0.3) is 0 Å². The molecule has 0 aromatic heterocycles. The van der Waals surface area contributed by atoms with Gasteiger partial charge in [0, 0.05) is 17.4 Å². The second-order valence-electron chi connectivity index (χ2n) is 27.2. The molecule has 4 N–H and O–H groups in total. The van der Waals surface area contributed by atoms with Crippen molar-refractivity contribution in [2.24, 2.45) is 10.8 Å². The Morgan fingerprint density at radius 3 is 1.30 bits per heavy atom. The molecular formula is C70H106N2O10. The summed E-state index contributed by atoms with van der Waals surface area (Å²) in [5.41, 5.74) is 10.5. The van der Waals surface area contributed by atoms with Crippen molar-refractivity contribution in [1.82, 2.24) is 10.2 Å². The number of carbonyl (C=O) groups is 3. The van der Waals surface area contributed by atoms with Crippen LogP contribution in [0.15, 0.2) is 72.8 Å². The second kappa shape index (κ2) is 28.9. The molecule has 4 atom stereocenters. The molecule has 1 aliphatic heterocycles. The molecular weight excluding hydrogens is 1030 g/mol. The molecule has 4 aromatic carbocycles. The molecule has 1 aliphatic rings. The number of ether oxygens (including phenoxy) is 4. The van der Waals surface area contributed by atoms with E-state index >= 15 is 0 Å². The largest absolute Gasteiger partial charge is 0.491 e. The van der Waals surface area contributed by atoms with E-state index in [9.17, 15) is 29.7 Å². The second-order valence-corrected chi connectivity index (χ2v) is 27.2. The third-order valence-corrected chi connectivity index (χ3v) is 16.7. The van der Waals surface area contributed by atoms with Crippen LogP contribution in [0, 0.1) is 38.5 Å². The van der Waals surface area contributed by atoms with Gasteiger partial charge < -0.3 is 39.6 Å². The smallest absolute Gasteiger partial charge is 0.417 e. The minimum Gasteiger partial charge on any atom is -0.491 e. The monoisotopic (exact) mass is 1130 g/mol. The van der Waals surface area contributed by atoms with Gasteiger partial charge in [-0.2, -0.15) is 0 Å². The van der Waals surface area contributed by atoms with Crippen LogP contribution in [0.1, 0.15) is 218 Å². The van der Waals surface area contributed by atoms with Gasteiger partial charge in [-0.1, -0.05) is 130 Å². The van der Waals surface area contributed by atoms with Gasteiger partial charge in [-0.3, -0.25) is 4.79 Å². The number of rotatable bonds is 23. The highest BCUT2D eigenvalue weighted by molar-refractivity contribution is 5.97. The number of benzene rings is 4. The Morgan fingerprint density at radius 1 is 0.573 bits per heavy atom. The summed E-state index contributed by atoms with van der Waals surface area (Å²) in [7, 11) is 0. The number of carbonyl (C=O) groups excluding carboxylic acids is 3. The number of likely N-dealkylation sites (tertiary alicyclic amines) is 1. The standard InChI is InChI=1S/C35H51NO5.C35H55NO5/c1-11-35(12-2,26-15-13-25(23(3)19-26)14-18-30(37)33(5,6)7)27-16-17-29(24(4)20-27)40-22-28-21-31(38)36(28)32(39)41-34(8,9)10;1-11-35(12-2,27-15-13-26(24(3)21-27)14-18-31(38)33(5,6)7)28-16-17-30(25(4)22-28)40-23-29(19-20-37)36-32(39)41-34(8,9)10/h13,15-17,19-20,28,30,37H,11-12,14,18,21-22H2,1-10H3;13,15-17,21-22,29,31,37-38H,11-12,14,18-20,23H2,1-10H3,(H,36,39)/t28-,30?;29-,31?/m11/s1. The summed E-state index contributed by atoms with van der Waals surface area (Å²) in [5, 5.41) is 33.3. The number of hydrogen-bond acceptors (Lipinski definition) is 10. The van der Waals surface area contributed by atoms with Crippen LogP contribution in [0.2, 0.25) is 0 Å². The van der Waals surface area contributed by atoms with Crippen LogP contribution in [0.5, 0.6) is 11.5 Å². The van der Waals surface area contributed by atoms with Gasteiger partial charge >= 0.3 is 12.2 Å². The topological polar surface area (TPSA) is 164 Å². The molecule has 82 heavy (non-hydrogen) atoms. The number of amides is 3. The normalized spacial score (nSPS) is 15.4. The van der Waals surface area contributed by atoms with Gasteiger partial charge in [-0.15, -0.1) is 0 Å². The van der Waals surface area contributed by atoms with E-state index in [1.54, 1.807) is 20.8 Å². The molecule has 4 aromatic rings. The minimum absolute atomic E-state index is 0.0629. The average Bonchev–Trinajstić information content (AvgIpc) is 3.37. The van der Waals surface area contributed by atoms with Crippen molar-refractivity contribution < 1.29 is 48.7 Å². The highest BCUT2D eigenvalue weighted by Crippen LogP contribution is 2.43. The van der Waals surface area contributed by atoms with Crippen LogP contribution in [-0.4, -0.2) is 93.6 Å². The summed E-state index contributed by atoms with van der Waals surface area (Å²) in [6.45, 7) is 41.1. The van der Waals surface area contributed by atoms with Gasteiger partial charge in [0.25, 0.3) is 0 Å². The maximum absolute atomic E-state index is 12.5. The molecule has 1 fully saturated rings. The van der Waals surface area contributed by atoms with Crippen molar-refractivity contribution in [3.63, 3.8) is 0 Å². The molecule has 2 unspecified atom stereocenters. The summed E-state index contributed by atoms with van der Waals surface area (Å²) in [5.74, 6) is 1.28. The molecule has 12 heteroatoms. The van der Waals surface area contributed by atoms with Crippen LogP contribution in [0.4, 0.5) is 9.59 Å². The first-order chi connectivity index (χ1) is 38.1. The zero-order chi connectivity index (χ0) is 61.8. The fraction of sp³-hybridized carbons (Fsp3) is 0.614. The van der Waals surface area contributed by atoms with Crippen LogP contribution in [0.3, 0.4) is 0 Å². The number of nitrogens with one attached hydrogen (secondary N) is 1. The zero-order valence-corrected chi connectivity index (χ0v) is 54.1. The third-order valence-electron chi connectivity index (χ3n) is 16.7. The van der Waals surface area contributed by atoms with Gasteiger partial charge in [-0.25, -0.2) is 14.5 Å². The zero-order valence-electron chi connectivity index (χ0n) is 54.1. The Balaban J connectivity index is 0.000000352. The Morgan fingerprint density at radius 2 is 0.963 bits per heavy atom. The van der Waals surface area contributed by atoms with Gasteiger partial charge in [0.15, 0.2) is 0 Å². The molecule has 456 valence electrons. The van der Waals surface area contributed by atoms with Gasteiger partial charge in [0.05, 0.1) is 30.7 Å². The van der Waals surface area contributed by atoms with Gasteiger partial charge in [0.2, 0.25) is 5.91 Å². The molecule has 12 nitrogen and oxygen atoms in total. The number of aliphatic hydroxyl groups excluding tert-OH is 3. The Bertz CT molecular complexity index is 2730. The maximum Gasteiger partial charge on any atom is 0.417 e. The van der Waals surface area contributed by atoms with Crippen molar-refractivity contribution in [1.29, 1.82) is 0 Å². The van der Waals surface area contributed by atoms with Crippen molar-refractivity contribution in [3.05, 3.63) is 128 Å². The summed E-state index contributed by atoms with van der Waals surface area (Å²) in [6.07, 6.45) is 5.91. The van der Waals surface area contributed by atoms with E-state index in [0.29, 0.717) is 6.42 Å². The number of β-lactam (4-membered cyclic amide) rings is 1. The quantitative estimate of drug-likeness (QED) is 0.0526. The van der Waals surface area contributed by atoms with Gasteiger partial charge in [-0.05, 0) is 206 Å². The van der Waals surface area contributed by atoms with Crippen molar-refractivity contribution >= 4 is 18.1 Å². The van der Waals surface area contributed by atoms with Gasteiger partial charge in [0.1, 0.15) is 35.9 Å². The number of imide groups is 1. The molecule has 0 spiro atoms. The lowest BCUT2D eigenvalue weighted by molar-refractivity contribution is -0.145. The third kappa shape index (κ3) is 18.5. The van der Waals surface area contributed by atoms with E-state index in [-0.39, 0.29) is 78.1 Å². The average molecular weight is 1140 g/mol. The lowest BCUT2D eigenvalue weighted by Gasteiger charge is -2.39. The summed E-state index contributed by atoms with van der Waals surface area (Å²) < 4.78 is 23.0. The van der Waals surface area contributed by atoms with Crippen molar-refractivity contribution in [3.8, 4) is 11.5 Å². The van der Waals surface area contributed by atoms with Crippen molar-refractivity contribution in [2.45, 2.75) is 249 Å². The fourth-order valence-electron chi connectivity index (χ4n) is 11.1. The van der Waals surface area contributed by atoms with Crippen LogP contribution in [-0.2, 0) is 37.9 Å². The first-order valence-corrected chi connectivity index (χ1v) is 30.3. The van der Waals surface area contributed by atoms with Crippen LogP contribution < -0.4 is 14.8 Å². The molecule has 0 radical (unpaired) electrons. The maximum atomic E-state index is 12.5. The van der Waals surface area contributed by atoms with E-state index in [4.69, 9.17) is 18.9 Å². The summed E-state index contributed by atoms with van der Waals surface area (Å²) in [4.78, 5) is 38.0. The molecule has 3 amide bonds. The Labute approximate surface area is 494 Å². The molecule has 1 saturated heterocycles. The number of aryl methyl sites for hydroxylation is 6. The number of hydrogen-bond donors (Lipinski definition) is 4. The van der Waals surface area contributed by atoms with E-state index in [1.807, 2.05) is 46.8 Å². The lowest BCUT2D eigenvalue weighted by Crippen LogP contribution is -2.59. The Kier molecular flexibility index (Phi) is 24.3. The fourth-order valence-corrected chi connectivity index (χ4v) is 11.1. The highest BCUT2D eigenvalue weighted by atomic mass is 16.6. The number of aliphatic hydroxyl groups is 3. The first kappa shape index (κ1) is 69.1. The van der Waals surface area contributed by atoms with Crippen molar-refractivity contribution in [2.75, 3.05) is 19.8 Å². The number of nitrogens with zero attached hydrogens (tertiary/aromatic N) is 1. The molecule has 0 saturated carbocycles. The minimum atomic E-state index is -0.663. The summed E-state index contributed by atoms with van der Waals surface area (Å²) in [6, 6.07) is 25.7. The van der Waals surface area contributed by atoms with E-state index in [1.165, 1.54) is 49.4 Å². The SMILES string of the molecule is CCC(CC)(c1ccc(CCC(O)C(C)(C)C)c(C)c1)c1ccc(OC[C@@H](CCO)NC(=O)OC(C)(C)C)c(C)c1.CCC(CC)(c1ccc(CCC(O)C(C)(C)C)c(C)c1)c1ccc(OC[C@H]2CC(=O)N2C(=O)OC(C)(C)C)c(C)c1. The predicted molar refractivity (Wildman–Crippen MR) is 332 cm³/mol. The van der Waals surface area contributed by atoms with E-state index in [2.05, 4.69) is 149 Å². The lowest BCUT2D eigenvalue weighted by atomic mass is 9.69. The molecule has 0 aliphatic carbocycles. The predicted octanol–water partition coefficient (Wildman–Crippen LogP) is 15.1. The molecule has 0 bridgehead atoms. The Hall–Kier alpha value is -5.43. The van der Waals surface area contributed by atoms with Crippen LogP contribution >= 0.6 is 0 Å². The first-order valence-electron chi connectivity index (χ1n) is 30.3.